The topological polar surface area (TPSA) is 62.7 Å². The van der Waals surface area contributed by atoms with Crippen molar-refractivity contribution in [2.24, 2.45) is 0 Å². The highest BCUT2D eigenvalue weighted by Gasteiger charge is 2.40. The van der Waals surface area contributed by atoms with Gasteiger partial charge in [0.2, 0.25) is 0 Å². The molecule has 2 aromatic heterocycles. The van der Waals surface area contributed by atoms with Crippen LogP contribution in [0.5, 0.6) is 0 Å². The number of nitriles is 1. The van der Waals surface area contributed by atoms with Gasteiger partial charge in [0.05, 0.1) is 11.3 Å². The van der Waals surface area contributed by atoms with E-state index in [9.17, 15) is 26.3 Å². The first-order valence-electron chi connectivity index (χ1n) is 4.83. The zero-order chi connectivity index (χ0) is 15.3. The molecule has 20 heavy (non-hydrogen) atoms. The van der Waals surface area contributed by atoms with Crippen molar-refractivity contribution in [2.45, 2.75) is 12.4 Å². The molecule has 0 atom stereocenters. The van der Waals surface area contributed by atoms with Gasteiger partial charge in [-0.15, -0.1) is 11.3 Å². The summed E-state index contributed by atoms with van der Waals surface area (Å²) in [5.74, 6) is 0. The van der Waals surface area contributed by atoms with Gasteiger partial charge in [-0.25, -0.2) is 4.98 Å². The van der Waals surface area contributed by atoms with E-state index in [0.717, 1.165) is 0 Å². The second-order valence-electron chi connectivity index (χ2n) is 3.69. The Balaban J connectivity index is 2.93. The molecule has 2 heterocycles. The molecule has 0 aromatic carbocycles. The van der Waals surface area contributed by atoms with Crippen LogP contribution in [0.1, 0.15) is 16.1 Å². The van der Waals surface area contributed by atoms with E-state index < -0.39 is 39.5 Å². The summed E-state index contributed by atoms with van der Waals surface area (Å²) in [7, 11) is 0. The van der Waals surface area contributed by atoms with Gasteiger partial charge in [-0.05, 0) is 6.07 Å². The van der Waals surface area contributed by atoms with Gasteiger partial charge in [-0.1, -0.05) is 0 Å². The van der Waals surface area contributed by atoms with Crippen LogP contribution in [0.3, 0.4) is 0 Å². The summed E-state index contributed by atoms with van der Waals surface area (Å²) in [5, 5.41) is 8.02. The summed E-state index contributed by atoms with van der Waals surface area (Å²) >= 11 is 0.387. The Hall–Kier alpha value is -2.02. The van der Waals surface area contributed by atoms with Gasteiger partial charge in [-0.3, -0.25) is 0 Å². The van der Waals surface area contributed by atoms with E-state index in [1.54, 1.807) is 0 Å². The van der Waals surface area contributed by atoms with Crippen molar-refractivity contribution >= 4 is 27.2 Å². The van der Waals surface area contributed by atoms with Gasteiger partial charge in [0.15, 0.2) is 0 Å². The van der Waals surface area contributed by atoms with Crippen molar-refractivity contribution in [3.63, 3.8) is 0 Å². The number of hydrogen-bond acceptors (Lipinski definition) is 4. The molecular formula is C10H3F6N3S. The van der Waals surface area contributed by atoms with E-state index in [1.165, 1.54) is 6.07 Å². The predicted molar refractivity (Wildman–Crippen MR) is 58.8 cm³/mol. The second kappa shape index (κ2) is 4.24. The lowest BCUT2D eigenvalue weighted by Crippen LogP contribution is -2.13. The highest BCUT2D eigenvalue weighted by molar-refractivity contribution is 7.19. The molecular weight excluding hydrogens is 308 g/mol. The predicted octanol–water partition coefficient (Wildman–Crippen LogP) is 3.79. The normalized spacial score (nSPS) is 12.7. The van der Waals surface area contributed by atoms with E-state index in [4.69, 9.17) is 11.0 Å². The molecule has 0 amide bonds. The van der Waals surface area contributed by atoms with Crippen LogP contribution in [0, 0.1) is 11.3 Å². The second-order valence-corrected chi connectivity index (χ2v) is 4.69. The standard InChI is InChI=1S/C10H3F6N3S/c11-9(12,13)3-1-5(10(14,15)16)19-8-6(3)7(18)4(2-17)20-8/h1H,18H2. The smallest absolute Gasteiger partial charge is 0.396 e. The molecule has 2 rings (SSSR count). The van der Waals surface area contributed by atoms with Crippen LogP contribution in [0.2, 0.25) is 0 Å². The van der Waals surface area contributed by atoms with Crippen LogP contribution in [-0.2, 0) is 12.4 Å². The maximum Gasteiger partial charge on any atom is 0.433 e. The fourth-order valence-electron chi connectivity index (χ4n) is 1.57. The molecule has 0 fully saturated rings. The van der Waals surface area contributed by atoms with Crippen LogP contribution in [0.25, 0.3) is 10.2 Å². The number of nitrogens with zero attached hydrogens (tertiary/aromatic N) is 2. The van der Waals surface area contributed by atoms with E-state index in [1.807, 2.05) is 0 Å². The molecule has 0 aliphatic heterocycles. The van der Waals surface area contributed by atoms with Crippen molar-refractivity contribution < 1.29 is 26.3 Å². The van der Waals surface area contributed by atoms with Crippen molar-refractivity contribution in [2.75, 3.05) is 5.73 Å². The minimum absolute atomic E-state index is 0.105. The molecule has 2 aromatic rings. The molecule has 0 unspecified atom stereocenters. The number of nitrogens with two attached hydrogens (primary N) is 1. The van der Waals surface area contributed by atoms with Gasteiger partial charge in [-0.2, -0.15) is 31.6 Å². The number of rotatable bonds is 0. The Morgan fingerprint density at radius 3 is 2.20 bits per heavy atom. The molecule has 3 nitrogen and oxygen atoms in total. The molecule has 0 aliphatic rings. The fourth-order valence-corrected chi connectivity index (χ4v) is 2.49. The van der Waals surface area contributed by atoms with Crippen molar-refractivity contribution in [1.82, 2.24) is 4.98 Å². The molecule has 0 saturated carbocycles. The molecule has 0 bridgehead atoms. The SMILES string of the molecule is N#Cc1sc2nc(C(F)(F)F)cc(C(F)(F)F)c2c1N. The minimum Gasteiger partial charge on any atom is -0.396 e. The summed E-state index contributed by atoms with van der Waals surface area (Å²) < 4.78 is 76.2. The van der Waals surface area contributed by atoms with Crippen LogP contribution in [-0.4, -0.2) is 4.98 Å². The van der Waals surface area contributed by atoms with Crippen molar-refractivity contribution in [3.8, 4) is 6.07 Å². The molecule has 106 valence electrons. The van der Waals surface area contributed by atoms with E-state index in [2.05, 4.69) is 4.98 Å². The lowest BCUT2D eigenvalue weighted by atomic mass is 10.1. The number of nitrogen functional groups attached to an aromatic ring is 1. The Labute approximate surface area is 111 Å². The summed E-state index contributed by atoms with van der Waals surface area (Å²) in [6, 6.07) is 1.42. The number of alkyl halides is 6. The fraction of sp³-hybridized carbons (Fsp3) is 0.200. The highest BCUT2D eigenvalue weighted by atomic mass is 32.1. The van der Waals surface area contributed by atoms with Gasteiger partial charge in [0.25, 0.3) is 0 Å². The van der Waals surface area contributed by atoms with E-state index in [0.29, 0.717) is 11.3 Å². The molecule has 0 aliphatic carbocycles. The van der Waals surface area contributed by atoms with Crippen LogP contribution < -0.4 is 5.73 Å². The maximum absolute atomic E-state index is 12.9. The Morgan fingerprint density at radius 2 is 1.75 bits per heavy atom. The van der Waals surface area contributed by atoms with Gasteiger partial charge in [0.1, 0.15) is 21.5 Å². The molecule has 0 saturated heterocycles. The van der Waals surface area contributed by atoms with Gasteiger partial charge in [0, 0.05) is 5.39 Å². The lowest BCUT2D eigenvalue weighted by molar-refractivity contribution is -0.144. The summed E-state index contributed by atoms with van der Waals surface area (Å²) in [6.45, 7) is 0. The molecule has 0 spiro atoms. The molecule has 10 heteroatoms. The average molecular weight is 311 g/mol. The Kier molecular flexibility index (Phi) is 3.05. The highest BCUT2D eigenvalue weighted by Crippen LogP contribution is 2.43. The zero-order valence-corrected chi connectivity index (χ0v) is 10.0. The lowest BCUT2D eigenvalue weighted by Gasteiger charge is -2.12. The zero-order valence-electron chi connectivity index (χ0n) is 9.23. The van der Waals surface area contributed by atoms with Crippen molar-refractivity contribution in [3.05, 3.63) is 22.2 Å². The maximum atomic E-state index is 12.9. The Morgan fingerprint density at radius 1 is 1.15 bits per heavy atom. The number of hydrogen-bond donors (Lipinski definition) is 1. The number of anilines is 1. The van der Waals surface area contributed by atoms with Crippen molar-refractivity contribution in [1.29, 1.82) is 5.26 Å². The molecule has 0 radical (unpaired) electrons. The first kappa shape index (κ1) is 14.4. The summed E-state index contributed by atoms with van der Waals surface area (Å²) in [6.07, 6.45) is -10.1. The molecule has 2 N–H and O–H groups in total. The van der Waals surface area contributed by atoms with Crippen LogP contribution in [0.15, 0.2) is 6.07 Å². The number of pyridine rings is 1. The van der Waals surface area contributed by atoms with Gasteiger partial charge < -0.3 is 5.73 Å². The first-order chi connectivity index (χ1) is 9.05. The third-order valence-corrected chi connectivity index (χ3v) is 3.40. The average Bonchev–Trinajstić information content (AvgIpc) is 2.62. The number of fused-ring (bicyclic) bond motifs is 1. The van der Waals surface area contributed by atoms with Crippen LogP contribution in [0.4, 0.5) is 32.0 Å². The number of thiophene rings is 1. The largest absolute Gasteiger partial charge is 0.433 e. The number of halogens is 6. The monoisotopic (exact) mass is 311 g/mol. The summed E-state index contributed by atoms with van der Waals surface area (Å²) in [5.41, 5.74) is 1.63. The van der Waals surface area contributed by atoms with E-state index >= 15 is 0 Å². The first-order valence-corrected chi connectivity index (χ1v) is 5.65. The minimum atomic E-state index is -5.04. The van der Waals surface area contributed by atoms with E-state index in [-0.39, 0.29) is 10.9 Å². The third-order valence-electron chi connectivity index (χ3n) is 2.40. The summed E-state index contributed by atoms with van der Waals surface area (Å²) in [4.78, 5) is 2.24. The van der Waals surface area contributed by atoms with Gasteiger partial charge >= 0.3 is 12.4 Å². The third kappa shape index (κ3) is 2.24. The number of aromatic nitrogens is 1. The van der Waals surface area contributed by atoms with Crippen LogP contribution >= 0.6 is 11.3 Å². The Bertz CT molecular complexity index is 722. The quantitative estimate of drug-likeness (QED) is 0.753.